The predicted molar refractivity (Wildman–Crippen MR) is 74.6 cm³/mol. The third kappa shape index (κ3) is 3.32. The highest BCUT2D eigenvalue weighted by Gasteiger charge is 2.24. The van der Waals surface area contributed by atoms with Crippen molar-refractivity contribution in [3.63, 3.8) is 0 Å². The van der Waals surface area contributed by atoms with E-state index in [1.807, 2.05) is 13.8 Å². The minimum Gasteiger partial charge on any atom is -0.475 e. The smallest absolute Gasteiger partial charge is 0.288 e. The molecule has 1 aromatic carbocycles. The van der Waals surface area contributed by atoms with Crippen LogP contribution in [0.5, 0.6) is 0 Å². The molecular weight excluding hydrogens is 268 g/mol. The molecule has 1 aliphatic rings. The van der Waals surface area contributed by atoms with Crippen LogP contribution < -0.4 is 0 Å². The van der Waals surface area contributed by atoms with Crippen LogP contribution in [0.4, 0.5) is 5.69 Å². The van der Waals surface area contributed by atoms with Crippen LogP contribution in [0.25, 0.3) is 6.08 Å². The molecule has 0 saturated carbocycles. The molecule has 0 amide bonds. The first-order chi connectivity index (χ1) is 8.87. The van der Waals surface area contributed by atoms with Gasteiger partial charge in [-0.1, -0.05) is 17.7 Å². The van der Waals surface area contributed by atoms with Gasteiger partial charge in [-0.2, -0.15) is 0 Å². The largest absolute Gasteiger partial charge is 0.475 e. The van der Waals surface area contributed by atoms with Crippen molar-refractivity contribution in [1.82, 2.24) is 0 Å². The number of hydrogen-bond acceptors (Lipinski definition) is 4. The van der Waals surface area contributed by atoms with E-state index < -0.39 is 4.92 Å². The van der Waals surface area contributed by atoms with Gasteiger partial charge in [-0.15, -0.1) is 0 Å². The number of nitro benzene ring substituents is 1. The first kappa shape index (κ1) is 13.5. The topological polar surface area (TPSA) is 64.7 Å². The zero-order valence-electron chi connectivity index (χ0n) is 10.6. The summed E-state index contributed by atoms with van der Waals surface area (Å²) in [6.45, 7) is 4.48. The van der Waals surface area contributed by atoms with E-state index in [1.165, 1.54) is 12.1 Å². The van der Waals surface area contributed by atoms with Gasteiger partial charge < -0.3 is 4.74 Å². The molecule has 1 heterocycles. The highest BCUT2D eigenvalue weighted by molar-refractivity contribution is 6.32. The summed E-state index contributed by atoms with van der Waals surface area (Å²) in [7, 11) is 0. The van der Waals surface area contributed by atoms with Gasteiger partial charge >= 0.3 is 0 Å². The summed E-state index contributed by atoms with van der Waals surface area (Å²) in [6, 6.07) is 4.62. The number of benzene rings is 1. The van der Waals surface area contributed by atoms with E-state index in [4.69, 9.17) is 16.3 Å². The number of rotatable bonds is 3. The number of hydrogen-bond donors (Lipinski definition) is 0. The van der Waals surface area contributed by atoms with Crippen molar-refractivity contribution >= 4 is 29.3 Å². The number of nitro groups is 1. The Morgan fingerprint density at radius 3 is 2.79 bits per heavy atom. The zero-order valence-corrected chi connectivity index (χ0v) is 11.3. The quantitative estimate of drug-likeness (QED) is 0.629. The second-order valence-corrected chi connectivity index (χ2v) is 5.26. The molecule has 0 atom stereocenters. The lowest BCUT2D eigenvalue weighted by molar-refractivity contribution is -0.384. The Morgan fingerprint density at radius 2 is 2.21 bits per heavy atom. The molecule has 0 aliphatic carbocycles. The van der Waals surface area contributed by atoms with Gasteiger partial charge in [0.25, 0.3) is 5.69 Å². The first-order valence-electron chi connectivity index (χ1n) is 5.72. The fraction of sp³-hybridized carbons (Fsp3) is 0.308. The monoisotopic (exact) mass is 280 g/mol. The summed E-state index contributed by atoms with van der Waals surface area (Å²) in [5, 5.41) is 10.9. The molecule has 0 bridgehead atoms. The third-order valence-electron chi connectivity index (χ3n) is 2.57. The van der Waals surface area contributed by atoms with Crippen molar-refractivity contribution in [2.45, 2.75) is 19.4 Å². The van der Waals surface area contributed by atoms with Crippen molar-refractivity contribution in [1.29, 1.82) is 0 Å². The molecule has 0 N–H and O–H groups in total. The summed E-state index contributed by atoms with van der Waals surface area (Å²) in [6.07, 6.45) is 3.41. The Kier molecular flexibility index (Phi) is 3.57. The minimum absolute atomic E-state index is 0.113. The van der Waals surface area contributed by atoms with Crippen LogP contribution >= 0.6 is 11.6 Å². The van der Waals surface area contributed by atoms with E-state index in [1.54, 1.807) is 18.2 Å². The SMILES string of the molecule is CC1(C)COC(C=Cc2ccc(Cl)c([N+](=O)[O-])c2)=N1. The molecule has 0 radical (unpaired) electrons. The van der Waals surface area contributed by atoms with Crippen molar-refractivity contribution < 1.29 is 9.66 Å². The van der Waals surface area contributed by atoms with E-state index >= 15 is 0 Å². The highest BCUT2D eigenvalue weighted by atomic mass is 35.5. The average Bonchev–Trinajstić information content (AvgIpc) is 2.67. The lowest BCUT2D eigenvalue weighted by atomic mass is 10.1. The van der Waals surface area contributed by atoms with Gasteiger partial charge in [0, 0.05) is 12.1 Å². The molecule has 0 aromatic heterocycles. The van der Waals surface area contributed by atoms with E-state index in [0.29, 0.717) is 18.1 Å². The van der Waals surface area contributed by atoms with Crippen LogP contribution in [-0.4, -0.2) is 23.0 Å². The zero-order chi connectivity index (χ0) is 14.0. The Balaban J connectivity index is 2.21. The fourth-order valence-corrected chi connectivity index (χ4v) is 1.83. The summed E-state index contributed by atoms with van der Waals surface area (Å²) < 4.78 is 5.39. The highest BCUT2D eigenvalue weighted by Crippen LogP contribution is 2.26. The molecular formula is C13H13ClN2O3. The van der Waals surface area contributed by atoms with Crippen LogP contribution in [0.3, 0.4) is 0 Å². The summed E-state index contributed by atoms with van der Waals surface area (Å²) in [5.74, 6) is 0.530. The summed E-state index contributed by atoms with van der Waals surface area (Å²) in [4.78, 5) is 14.6. The molecule has 0 unspecified atom stereocenters. The number of nitrogens with zero attached hydrogens (tertiary/aromatic N) is 2. The van der Waals surface area contributed by atoms with Gasteiger partial charge in [0.1, 0.15) is 11.6 Å². The van der Waals surface area contributed by atoms with Crippen molar-refractivity contribution in [3.8, 4) is 0 Å². The third-order valence-corrected chi connectivity index (χ3v) is 2.89. The van der Waals surface area contributed by atoms with Crippen LogP contribution in [0.15, 0.2) is 29.3 Å². The number of ether oxygens (including phenoxy) is 1. The van der Waals surface area contributed by atoms with Gasteiger partial charge in [-0.25, -0.2) is 4.99 Å². The van der Waals surface area contributed by atoms with Crippen LogP contribution in [0, 0.1) is 10.1 Å². The second-order valence-electron chi connectivity index (χ2n) is 4.85. The van der Waals surface area contributed by atoms with Crippen molar-refractivity contribution in [3.05, 3.63) is 45.0 Å². The summed E-state index contributed by atoms with van der Waals surface area (Å²) >= 11 is 5.74. The van der Waals surface area contributed by atoms with E-state index in [2.05, 4.69) is 4.99 Å². The maximum absolute atomic E-state index is 10.8. The molecule has 100 valence electrons. The lowest BCUT2D eigenvalue weighted by Crippen LogP contribution is -2.17. The van der Waals surface area contributed by atoms with Crippen molar-refractivity contribution in [2.24, 2.45) is 4.99 Å². The Bertz CT molecular complexity index is 579. The maximum atomic E-state index is 10.8. The van der Waals surface area contributed by atoms with Crippen LogP contribution in [0.1, 0.15) is 19.4 Å². The molecule has 19 heavy (non-hydrogen) atoms. The van der Waals surface area contributed by atoms with Gasteiger partial charge in [0.05, 0.1) is 10.5 Å². The number of halogens is 1. The molecule has 0 fully saturated rings. The van der Waals surface area contributed by atoms with Crippen LogP contribution in [0.2, 0.25) is 5.02 Å². The minimum atomic E-state index is -0.508. The van der Waals surface area contributed by atoms with Gasteiger partial charge in [-0.3, -0.25) is 10.1 Å². The standard InChI is InChI=1S/C13H13ClN2O3/c1-13(2)8-19-12(15-13)6-4-9-3-5-10(14)11(7-9)16(17)18/h3-7H,8H2,1-2H3. The Hall–Kier alpha value is -1.88. The molecule has 5 nitrogen and oxygen atoms in total. The Morgan fingerprint density at radius 1 is 1.47 bits per heavy atom. The molecule has 0 saturated heterocycles. The summed E-state index contributed by atoms with van der Waals surface area (Å²) in [5.41, 5.74) is 0.344. The van der Waals surface area contributed by atoms with E-state index in [0.717, 1.165) is 0 Å². The van der Waals surface area contributed by atoms with Crippen molar-refractivity contribution in [2.75, 3.05) is 6.61 Å². The first-order valence-corrected chi connectivity index (χ1v) is 6.10. The van der Waals surface area contributed by atoms with Gasteiger partial charge in [0.2, 0.25) is 5.90 Å². The van der Waals surface area contributed by atoms with E-state index in [9.17, 15) is 10.1 Å². The second kappa shape index (κ2) is 5.01. The molecule has 6 heteroatoms. The Labute approximate surface area is 115 Å². The normalized spacial score (nSPS) is 17.3. The molecule has 1 aromatic rings. The fourth-order valence-electron chi connectivity index (χ4n) is 1.64. The lowest BCUT2D eigenvalue weighted by Gasteiger charge is -2.07. The van der Waals surface area contributed by atoms with Gasteiger partial charge in [0.15, 0.2) is 0 Å². The number of aliphatic imine (C=N–C) groups is 1. The molecule has 2 rings (SSSR count). The van der Waals surface area contributed by atoms with E-state index in [-0.39, 0.29) is 16.2 Å². The molecule has 1 aliphatic heterocycles. The molecule has 0 spiro atoms. The average molecular weight is 281 g/mol. The maximum Gasteiger partial charge on any atom is 0.288 e. The van der Waals surface area contributed by atoms with Gasteiger partial charge in [-0.05, 0) is 31.6 Å². The predicted octanol–water partition coefficient (Wildman–Crippen LogP) is 3.47. The van der Waals surface area contributed by atoms with Crippen LogP contribution in [-0.2, 0) is 4.74 Å².